The Kier molecular flexibility index (Phi) is 3.84. The van der Waals surface area contributed by atoms with Crippen LogP contribution in [0.4, 0.5) is 5.69 Å². The van der Waals surface area contributed by atoms with Gasteiger partial charge in [-0.2, -0.15) is 0 Å². The Balaban J connectivity index is 3.45. The van der Waals surface area contributed by atoms with Crippen LogP contribution in [-0.2, 0) is 9.59 Å². The second kappa shape index (κ2) is 4.96. The first kappa shape index (κ1) is 13.2. The lowest BCUT2D eigenvalue weighted by molar-refractivity contribution is -0.386. The van der Waals surface area contributed by atoms with Crippen molar-refractivity contribution in [2.45, 2.75) is 19.8 Å². The molecule has 8 heteroatoms. The first-order valence-corrected chi connectivity index (χ1v) is 4.90. The van der Waals surface area contributed by atoms with E-state index in [1.54, 1.807) is 0 Å². The fourth-order valence-corrected chi connectivity index (χ4v) is 1.53. The molecule has 0 spiro atoms. The summed E-state index contributed by atoms with van der Waals surface area (Å²) in [5.41, 5.74) is -0.764. The molecular formula is C9H8ClN3O4. The van der Waals surface area contributed by atoms with Gasteiger partial charge in [0.15, 0.2) is 0 Å². The van der Waals surface area contributed by atoms with Gasteiger partial charge in [-0.25, -0.2) is 9.97 Å². The molecule has 0 aromatic carbocycles. The first-order chi connectivity index (χ1) is 7.84. The maximum atomic E-state index is 11.3. The van der Waals surface area contributed by atoms with E-state index in [4.69, 9.17) is 11.6 Å². The number of ketones is 2. The van der Waals surface area contributed by atoms with Crippen LogP contribution in [-0.4, -0.2) is 26.5 Å². The van der Waals surface area contributed by atoms with Crippen molar-refractivity contribution in [2.24, 2.45) is 0 Å². The monoisotopic (exact) mass is 257 g/mol. The lowest BCUT2D eigenvalue weighted by Crippen LogP contribution is -2.20. The zero-order chi connectivity index (χ0) is 13.2. The highest BCUT2D eigenvalue weighted by Crippen LogP contribution is 2.26. The van der Waals surface area contributed by atoms with Crippen molar-refractivity contribution in [3.8, 4) is 0 Å². The third kappa shape index (κ3) is 2.82. The number of nitro groups is 1. The van der Waals surface area contributed by atoms with Crippen molar-refractivity contribution in [2.75, 3.05) is 0 Å². The molecule has 1 heterocycles. The molecule has 90 valence electrons. The number of halogens is 1. The van der Waals surface area contributed by atoms with E-state index in [1.165, 1.54) is 0 Å². The molecule has 0 aliphatic carbocycles. The normalized spacial score (nSPS) is 10.4. The number of aromatic nitrogens is 2. The van der Waals surface area contributed by atoms with E-state index in [2.05, 4.69) is 9.97 Å². The van der Waals surface area contributed by atoms with Crippen LogP contribution in [0.5, 0.6) is 0 Å². The molecule has 0 atom stereocenters. The smallest absolute Gasteiger partial charge is 0.299 e. The highest BCUT2D eigenvalue weighted by Gasteiger charge is 2.31. The fourth-order valence-electron chi connectivity index (χ4n) is 1.39. The van der Waals surface area contributed by atoms with Gasteiger partial charge in [0.05, 0.1) is 4.92 Å². The Labute approximate surface area is 101 Å². The van der Waals surface area contributed by atoms with Crippen molar-refractivity contribution >= 4 is 28.9 Å². The van der Waals surface area contributed by atoms with Gasteiger partial charge in [-0.1, -0.05) is 0 Å². The average molecular weight is 258 g/mol. The van der Waals surface area contributed by atoms with Crippen LogP contribution >= 0.6 is 11.6 Å². The first-order valence-electron chi connectivity index (χ1n) is 4.52. The van der Waals surface area contributed by atoms with Gasteiger partial charge in [0.1, 0.15) is 29.4 Å². The number of carbonyl (C=O) groups is 2. The zero-order valence-electron chi connectivity index (χ0n) is 9.01. The molecular weight excluding hydrogens is 250 g/mol. The third-order valence-corrected chi connectivity index (χ3v) is 2.23. The molecule has 0 saturated carbocycles. The van der Waals surface area contributed by atoms with Crippen LogP contribution in [0.25, 0.3) is 0 Å². The maximum Gasteiger partial charge on any atom is 0.310 e. The molecule has 1 rings (SSSR count). The molecule has 0 fully saturated rings. The highest BCUT2D eigenvalue weighted by molar-refractivity contribution is 6.28. The molecule has 17 heavy (non-hydrogen) atoms. The minimum atomic E-state index is -1.28. The predicted molar refractivity (Wildman–Crippen MR) is 57.8 cm³/mol. The Bertz CT molecular complexity index is 489. The number of hydrogen-bond donors (Lipinski definition) is 0. The molecule has 0 radical (unpaired) electrons. The summed E-state index contributed by atoms with van der Waals surface area (Å²) in [6, 6.07) is 0. The van der Waals surface area contributed by atoms with E-state index in [-0.39, 0.29) is 11.0 Å². The Morgan fingerprint density at radius 3 is 2.35 bits per heavy atom. The van der Waals surface area contributed by atoms with Crippen molar-refractivity contribution in [3.63, 3.8) is 0 Å². The zero-order valence-corrected chi connectivity index (χ0v) is 9.76. The number of hydrogen-bond acceptors (Lipinski definition) is 6. The third-order valence-electron chi connectivity index (χ3n) is 2.05. The minimum Gasteiger partial charge on any atom is -0.299 e. The molecule has 0 aliphatic heterocycles. The standard InChI is InChI=1S/C9H8ClN3O4/c1-4(14)7(5(2)15)8-6(13(16)17)3-11-9(10)12-8/h3,7H,1-2H3. The maximum absolute atomic E-state index is 11.3. The summed E-state index contributed by atoms with van der Waals surface area (Å²) in [7, 11) is 0. The van der Waals surface area contributed by atoms with Crippen LogP contribution in [0.15, 0.2) is 6.20 Å². The minimum absolute atomic E-state index is 0.252. The molecule has 0 unspecified atom stereocenters. The largest absolute Gasteiger partial charge is 0.310 e. The van der Waals surface area contributed by atoms with Gasteiger partial charge in [-0.3, -0.25) is 19.7 Å². The molecule has 0 aliphatic rings. The van der Waals surface area contributed by atoms with Gasteiger partial charge >= 0.3 is 5.69 Å². The van der Waals surface area contributed by atoms with Crippen molar-refractivity contribution < 1.29 is 14.5 Å². The van der Waals surface area contributed by atoms with Crippen molar-refractivity contribution in [3.05, 3.63) is 27.3 Å². The lowest BCUT2D eigenvalue weighted by Gasteiger charge is -2.09. The topological polar surface area (TPSA) is 103 Å². The Hall–Kier alpha value is -1.89. The van der Waals surface area contributed by atoms with Crippen LogP contribution in [0, 0.1) is 10.1 Å². The summed E-state index contributed by atoms with van der Waals surface area (Å²) in [6.07, 6.45) is 0.879. The van der Waals surface area contributed by atoms with E-state index in [0.29, 0.717) is 0 Å². The van der Waals surface area contributed by atoms with E-state index in [1.807, 2.05) is 0 Å². The van der Waals surface area contributed by atoms with Gasteiger partial charge in [0.2, 0.25) is 5.28 Å². The Morgan fingerprint density at radius 2 is 1.94 bits per heavy atom. The van der Waals surface area contributed by atoms with E-state index < -0.39 is 28.1 Å². The molecule has 1 aromatic rings. The van der Waals surface area contributed by atoms with Crippen molar-refractivity contribution in [1.29, 1.82) is 0 Å². The predicted octanol–water partition coefficient (Wildman–Crippen LogP) is 1.30. The molecule has 0 saturated heterocycles. The number of nitrogens with zero attached hydrogens (tertiary/aromatic N) is 3. The van der Waals surface area contributed by atoms with Crippen LogP contribution < -0.4 is 0 Å². The molecule has 1 aromatic heterocycles. The van der Waals surface area contributed by atoms with Crippen LogP contribution in [0.1, 0.15) is 25.5 Å². The lowest BCUT2D eigenvalue weighted by atomic mass is 9.96. The SMILES string of the molecule is CC(=O)C(C(C)=O)c1nc(Cl)ncc1[N+](=O)[O-]. The summed E-state index contributed by atoms with van der Waals surface area (Å²) in [4.78, 5) is 39.7. The van der Waals surface area contributed by atoms with Crippen LogP contribution in [0.3, 0.4) is 0 Å². The number of Topliss-reactive ketones (excluding diaryl/α,β-unsaturated/α-hetero) is 2. The van der Waals surface area contributed by atoms with Gasteiger partial charge in [0, 0.05) is 0 Å². The fraction of sp³-hybridized carbons (Fsp3) is 0.333. The van der Waals surface area contributed by atoms with Crippen LogP contribution in [0.2, 0.25) is 5.28 Å². The molecule has 0 N–H and O–H groups in total. The molecule has 0 bridgehead atoms. The number of carbonyl (C=O) groups excluding carboxylic acids is 2. The quantitative estimate of drug-likeness (QED) is 0.348. The summed E-state index contributed by atoms with van der Waals surface area (Å²) in [6.45, 7) is 2.32. The number of rotatable bonds is 4. The van der Waals surface area contributed by atoms with Gasteiger partial charge in [0.25, 0.3) is 0 Å². The summed E-state index contributed by atoms with van der Waals surface area (Å²) in [5, 5.41) is 10.5. The van der Waals surface area contributed by atoms with Gasteiger partial charge in [-0.05, 0) is 25.4 Å². The second-order valence-electron chi connectivity index (χ2n) is 3.32. The van der Waals surface area contributed by atoms with E-state index in [0.717, 1.165) is 20.0 Å². The average Bonchev–Trinajstić information content (AvgIpc) is 2.15. The molecule has 7 nitrogen and oxygen atoms in total. The summed E-state index contributed by atoms with van der Waals surface area (Å²) in [5.74, 6) is -2.35. The second-order valence-corrected chi connectivity index (χ2v) is 3.66. The highest BCUT2D eigenvalue weighted by atomic mass is 35.5. The molecule has 0 amide bonds. The van der Waals surface area contributed by atoms with Gasteiger partial charge in [-0.15, -0.1) is 0 Å². The summed E-state index contributed by atoms with van der Waals surface area (Å²) < 4.78 is 0. The van der Waals surface area contributed by atoms with Gasteiger partial charge < -0.3 is 0 Å². The summed E-state index contributed by atoms with van der Waals surface area (Å²) >= 11 is 5.51. The Morgan fingerprint density at radius 1 is 1.41 bits per heavy atom. The van der Waals surface area contributed by atoms with E-state index in [9.17, 15) is 19.7 Å². The van der Waals surface area contributed by atoms with E-state index >= 15 is 0 Å². The van der Waals surface area contributed by atoms with Crippen molar-refractivity contribution in [1.82, 2.24) is 9.97 Å².